The molecule has 1 aromatic carbocycles. The number of hydrogen-bond acceptors (Lipinski definition) is 4. The maximum atomic E-state index is 12.1. The van der Waals surface area contributed by atoms with Gasteiger partial charge in [0.05, 0.1) is 12.3 Å². The third kappa shape index (κ3) is 4.05. The van der Waals surface area contributed by atoms with Crippen molar-refractivity contribution in [1.82, 2.24) is 5.43 Å². The zero-order valence-electron chi connectivity index (χ0n) is 12.2. The normalized spacial score (nSPS) is 14.2. The number of nitrogens with zero attached hydrogens (tertiary/aromatic N) is 1. The van der Waals surface area contributed by atoms with E-state index >= 15 is 0 Å². The lowest BCUT2D eigenvalue weighted by atomic mass is 10.1. The Hall–Kier alpha value is -2.37. The fraction of sp³-hybridized carbons (Fsp3) is 0.400. The molecule has 0 aliphatic carbocycles. The Morgan fingerprint density at radius 2 is 2.24 bits per heavy atom. The molecule has 6 nitrogen and oxygen atoms in total. The van der Waals surface area contributed by atoms with Gasteiger partial charge < -0.3 is 10.1 Å². The van der Waals surface area contributed by atoms with Gasteiger partial charge in [-0.2, -0.15) is 5.10 Å². The van der Waals surface area contributed by atoms with Crippen molar-refractivity contribution in [2.75, 3.05) is 11.9 Å². The largest absolute Gasteiger partial charge is 0.491 e. The van der Waals surface area contributed by atoms with Crippen LogP contribution in [0.25, 0.3) is 0 Å². The Morgan fingerprint density at radius 1 is 1.43 bits per heavy atom. The number of benzene rings is 1. The van der Waals surface area contributed by atoms with Gasteiger partial charge in [-0.25, -0.2) is 5.43 Å². The molecule has 2 N–H and O–H groups in total. The summed E-state index contributed by atoms with van der Waals surface area (Å²) in [4.78, 5) is 23.2. The summed E-state index contributed by atoms with van der Waals surface area (Å²) < 4.78 is 5.65. The number of anilines is 1. The van der Waals surface area contributed by atoms with E-state index in [2.05, 4.69) is 15.8 Å². The lowest BCUT2D eigenvalue weighted by Crippen LogP contribution is -2.32. The fourth-order valence-corrected chi connectivity index (χ4v) is 1.90. The van der Waals surface area contributed by atoms with Crippen molar-refractivity contribution in [3.05, 3.63) is 23.8 Å². The summed E-state index contributed by atoms with van der Waals surface area (Å²) in [7, 11) is 0. The molecule has 0 saturated heterocycles. The monoisotopic (exact) mass is 289 g/mol. The van der Waals surface area contributed by atoms with Gasteiger partial charge >= 0.3 is 0 Å². The van der Waals surface area contributed by atoms with E-state index in [9.17, 15) is 9.59 Å². The van der Waals surface area contributed by atoms with E-state index in [1.165, 1.54) is 0 Å². The van der Waals surface area contributed by atoms with E-state index in [4.69, 9.17) is 4.74 Å². The zero-order valence-corrected chi connectivity index (χ0v) is 12.2. The molecule has 0 saturated carbocycles. The first-order valence-electron chi connectivity index (χ1n) is 7.00. The van der Waals surface area contributed by atoms with Crippen molar-refractivity contribution in [2.24, 2.45) is 5.10 Å². The van der Waals surface area contributed by atoms with Crippen molar-refractivity contribution in [3.63, 3.8) is 0 Å². The van der Waals surface area contributed by atoms with Crippen LogP contribution in [0.4, 0.5) is 5.69 Å². The molecule has 0 unspecified atom stereocenters. The minimum absolute atomic E-state index is 0.172. The van der Waals surface area contributed by atoms with E-state index < -0.39 is 0 Å². The Labute approximate surface area is 123 Å². The topological polar surface area (TPSA) is 79.8 Å². The first kappa shape index (κ1) is 15.0. The van der Waals surface area contributed by atoms with Crippen molar-refractivity contribution < 1.29 is 14.3 Å². The number of carbonyl (C=O) groups is 2. The summed E-state index contributed by atoms with van der Waals surface area (Å²) in [6, 6.07) is 5.59. The molecule has 2 rings (SSSR count). The molecule has 1 heterocycles. The van der Waals surface area contributed by atoms with Gasteiger partial charge in [-0.15, -0.1) is 0 Å². The molecule has 1 aliphatic heterocycles. The summed E-state index contributed by atoms with van der Waals surface area (Å²) in [5, 5.41) is 6.57. The zero-order chi connectivity index (χ0) is 15.2. The average molecular weight is 289 g/mol. The van der Waals surface area contributed by atoms with Gasteiger partial charge in [-0.3, -0.25) is 9.59 Å². The molecule has 21 heavy (non-hydrogen) atoms. The fourth-order valence-electron chi connectivity index (χ4n) is 1.90. The maximum Gasteiger partial charge on any atom is 0.271 e. The number of amides is 2. The van der Waals surface area contributed by atoms with Crippen molar-refractivity contribution >= 4 is 23.2 Å². The molecule has 1 aromatic rings. The van der Waals surface area contributed by atoms with Gasteiger partial charge in [0.25, 0.3) is 5.91 Å². The van der Waals surface area contributed by atoms with E-state index in [1.807, 2.05) is 26.0 Å². The van der Waals surface area contributed by atoms with Crippen LogP contribution < -0.4 is 15.5 Å². The van der Waals surface area contributed by atoms with Crippen LogP contribution in [-0.4, -0.2) is 24.1 Å². The second kappa shape index (κ2) is 6.88. The quantitative estimate of drug-likeness (QED) is 0.870. The van der Waals surface area contributed by atoms with Gasteiger partial charge in [0.2, 0.25) is 5.91 Å². The molecular formula is C15H19N3O3. The second-order valence-corrected chi connectivity index (χ2v) is 4.90. The maximum absolute atomic E-state index is 12.1. The molecule has 1 aliphatic rings. The summed E-state index contributed by atoms with van der Waals surface area (Å²) in [5.41, 5.74) is 4.30. The van der Waals surface area contributed by atoms with Gasteiger partial charge in [0, 0.05) is 12.8 Å². The van der Waals surface area contributed by atoms with Gasteiger partial charge in [0.15, 0.2) is 0 Å². The van der Waals surface area contributed by atoms with Crippen LogP contribution in [0.15, 0.2) is 23.3 Å². The van der Waals surface area contributed by atoms with Crippen LogP contribution in [0.3, 0.4) is 0 Å². The minimum atomic E-state index is -0.319. The first-order chi connectivity index (χ1) is 10.1. The highest BCUT2D eigenvalue weighted by atomic mass is 16.5. The van der Waals surface area contributed by atoms with E-state index in [0.29, 0.717) is 30.2 Å². The molecule has 0 atom stereocenters. The van der Waals surface area contributed by atoms with Crippen LogP contribution in [0.2, 0.25) is 0 Å². The number of carbonyl (C=O) groups excluding carboxylic acids is 2. The smallest absolute Gasteiger partial charge is 0.271 e. The lowest BCUT2D eigenvalue weighted by Gasteiger charge is -2.15. The molecule has 0 bridgehead atoms. The molecule has 0 fully saturated rings. The Bertz CT molecular complexity index is 582. The highest BCUT2D eigenvalue weighted by Crippen LogP contribution is 2.26. The van der Waals surface area contributed by atoms with Crippen LogP contribution >= 0.6 is 0 Å². The van der Waals surface area contributed by atoms with Gasteiger partial charge in [-0.05, 0) is 31.0 Å². The van der Waals surface area contributed by atoms with Crippen LogP contribution in [0.5, 0.6) is 5.75 Å². The molecular weight excluding hydrogens is 270 g/mol. The van der Waals surface area contributed by atoms with Gasteiger partial charge in [-0.1, -0.05) is 13.0 Å². The predicted octanol–water partition coefficient (Wildman–Crippen LogP) is 1.99. The third-order valence-electron chi connectivity index (χ3n) is 3.01. The number of aryl methyl sites for hydroxylation is 1. The Morgan fingerprint density at radius 3 is 2.90 bits per heavy atom. The molecule has 2 amide bonds. The van der Waals surface area contributed by atoms with Gasteiger partial charge in [0.1, 0.15) is 11.5 Å². The number of ether oxygens (including phenoxy) is 1. The van der Waals surface area contributed by atoms with Crippen molar-refractivity contribution in [1.29, 1.82) is 0 Å². The molecule has 0 radical (unpaired) electrons. The van der Waals surface area contributed by atoms with E-state index in [1.54, 1.807) is 6.07 Å². The third-order valence-corrected chi connectivity index (χ3v) is 3.01. The first-order valence-corrected chi connectivity index (χ1v) is 7.00. The van der Waals surface area contributed by atoms with Crippen LogP contribution in [-0.2, 0) is 9.59 Å². The standard InChI is InChI=1S/C15H19N3O3/c1-3-8-21-13-9-10(2)4-5-11(13)16-15(20)12-6-7-14(19)18-17-12/h4-5,9H,3,6-8H2,1-2H3,(H,16,20)(H,18,19). The Kier molecular flexibility index (Phi) is 4.92. The molecule has 6 heteroatoms. The second-order valence-electron chi connectivity index (χ2n) is 4.90. The molecule has 0 aromatic heterocycles. The number of rotatable bonds is 5. The summed E-state index contributed by atoms with van der Waals surface area (Å²) in [6.07, 6.45) is 1.51. The summed E-state index contributed by atoms with van der Waals surface area (Å²) >= 11 is 0. The Balaban J connectivity index is 2.11. The molecule has 112 valence electrons. The van der Waals surface area contributed by atoms with Crippen LogP contribution in [0, 0.1) is 6.92 Å². The SMILES string of the molecule is CCCOc1cc(C)ccc1NC(=O)C1=NNC(=O)CC1. The molecule has 0 spiro atoms. The lowest BCUT2D eigenvalue weighted by molar-refractivity contribution is -0.121. The highest BCUT2D eigenvalue weighted by molar-refractivity contribution is 6.43. The summed E-state index contributed by atoms with van der Waals surface area (Å²) in [6.45, 7) is 4.57. The minimum Gasteiger partial charge on any atom is -0.491 e. The van der Waals surface area contributed by atoms with Crippen molar-refractivity contribution in [2.45, 2.75) is 33.1 Å². The van der Waals surface area contributed by atoms with E-state index in [-0.39, 0.29) is 18.2 Å². The average Bonchev–Trinajstić information content (AvgIpc) is 2.48. The van der Waals surface area contributed by atoms with Crippen molar-refractivity contribution in [3.8, 4) is 5.75 Å². The van der Waals surface area contributed by atoms with Crippen LogP contribution in [0.1, 0.15) is 31.7 Å². The number of nitrogens with one attached hydrogen (secondary N) is 2. The number of hydrogen-bond donors (Lipinski definition) is 2. The predicted molar refractivity (Wildman–Crippen MR) is 80.4 cm³/mol. The highest BCUT2D eigenvalue weighted by Gasteiger charge is 2.19. The van der Waals surface area contributed by atoms with E-state index in [0.717, 1.165) is 12.0 Å². The number of hydrazone groups is 1. The summed E-state index contributed by atoms with van der Waals surface area (Å²) in [5.74, 6) is 0.153.